The van der Waals surface area contributed by atoms with Crippen molar-refractivity contribution in [2.45, 2.75) is 44.9 Å². The van der Waals surface area contributed by atoms with Crippen molar-refractivity contribution in [2.75, 3.05) is 13.7 Å². The highest BCUT2D eigenvalue weighted by Gasteiger charge is 2.42. The zero-order valence-corrected chi connectivity index (χ0v) is 14.0. The van der Waals surface area contributed by atoms with Crippen molar-refractivity contribution in [1.29, 1.82) is 0 Å². The summed E-state index contributed by atoms with van der Waals surface area (Å²) in [5.74, 6) is 0.869. The average molecular weight is 308 g/mol. The third-order valence-electron chi connectivity index (χ3n) is 3.85. The van der Waals surface area contributed by atoms with Gasteiger partial charge in [0.25, 0.3) is 0 Å². The van der Waals surface area contributed by atoms with Crippen LogP contribution in [0.5, 0.6) is 5.75 Å². The van der Waals surface area contributed by atoms with Crippen LogP contribution in [0.1, 0.15) is 32.8 Å². The van der Waals surface area contributed by atoms with Crippen molar-refractivity contribution >= 4 is 17.3 Å². The van der Waals surface area contributed by atoms with Crippen molar-refractivity contribution in [1.82, 2.24) is 10.2 Å². The number of thiocarbonyl (C=S) groups is 1. The standard InChI is InChI=1S/C16H24N2O2S/c1-15(2)11-16(3,19)18(14(21)17-15)10-9-12-7-5-6-8-13(12)20-4/h5-8,19H,9-11H2,1-4H3,(H,17,21)/t16-/m1/s1. The van der Waals surface area contributed by atoms with Crippen LogP contribution in [0.4, 0.5) is 0 Å². The predicted octanol–water partition coefficient (Wildman–Crippen LogP) is 2.31. The Labute approximate surface area is 132 Å². The largest absolute Gasteiger partial charge is 0.496 e. The summed E-state index contributed by atoms with van der Waals surface area (Å²) in [5, 5.41) is 14.6. The molecule has 2 rings (SSSR count). The number of hydrogen-bond donors (Lipinski definition) is 2. The molecule has 0 unspecified atom stereocenters. The molecule has 1 aromatic rings. The summed E-state index contributed by atoms with van der Waals surface area (Å²) < 4.78 is 5.37. The molecule has 0 spiro atoms. The molecular formula is C16H24N2O2S. The van der Waals surface area contributed by atoms with Crippen LogP contribution in [0.3, 0.4) is 0 Å². The number of methoxy groups -OCH3 is 1. The molecule has 0 amide bonds. The molecule has 0 radical (unpaired) electrons. The van der Waals surface area contributed by atoms with Gasteiger partial charge in [0.1, 0.15) is 11.5 Å². The SMILES string of the molecule is COc1ccccc1CCN1C(=S)NC(C)(C)C[C@@]1(C)O. The molecule has 1 aromatic carbocycles. The van der Waals surface area contributed by atoms with Crippen molar-refractivity contribution in [3.63, 3.8) is 0 Å². The van der Waals surface area contributed by atoms with E-state index in [2.05, 4.69) is 5.32 Å². The molecule has 1 aliphatic heterocycles. The fourth-order valence-corrected chi connectivity index (χ4v) is 3.60. The van der Waals surface area contributed by atoms with E-state index in [1.807, 2.05) is 49.9 Å². The van der Waals surface area contributed by atoms with Gasteiger partial charge >= 0.3 is 0 Å². The molecule has 0 saturated carbocycles. The number of para-hydroxylation sites is 1. The van der Waals surface area contributed by atoms with Gasteiger partial charge in [-0.25, -0.2) is 0 Å². The lowest BCUT2D eigenvalue weighted by Crippen LogP contribution is -2.66. The van der Waals surface area contributed by atoms with Crippen LogP contribution in [0.2, 0.25) is 0 Å². The number of ether oxygens (including phenoxy) is 1. The number of rotatable bonds is 4. The number of hydrogen-bond acceptors (Lipinski definition) is 3. The van der Waals surface area contributed by atoms with E-state index in [0.717, 1.165) is 17.7 Å². The molecule has 0 aliphatic carbocycles. The monoisotopic (exact) mass is 308 g/mol. The second-order valence-electron chi connectivity index (χ2n) is 6.42. The lowest BCUT2D eigenvalue weighted by molar-refractivity contribution is -0.0876. The highest BCUT2D eigenvalue weighted by atomic mass is 32.1. The zero-order chi connectivity index (χ0) is 15.7. The summed E-state index contributed by atoms with van der Waals surface area (Å²) in [6, 6.07) is 7.93. The van der Waals surface area contributed by atoms with Crippen LogP contribution in [-0.2, 0) is 6.42 Å². The summed E-state index contributed by atoms with van der Waals surface area (Å²) >= 11 is 5.43. The van der Waals surface area contributed by atoms with Gasteiger partial charge < -0.3 is 20.1 Å². The molecule has 4 nitrogen and oxygen atoms in total. The Morgan fingerprint density at radius 3 is 2.62 bits per heavy atom. The first-order valence-electron chi connectivity index (χ1n) is 7.19. The van der Waals surface area contributed by atoms with Crippen LogP contribution in [0, 0.1) is 0 Å². The van der Waals surface area contributed by atoms with E-state index in [4.69, 9.17) is 17.0 Å². The van der Waals surface area contributed by atoms with E-state index in [9.17, 15) is 5.11 Å². The Balaban J connectivity index is 2.10. The van der Waals surface area contributed by atoms with E-state index in [-0.39, 0.29) is 5.54 Å². The summed E-state index contributed by atoms with van der Waals surface area (Å²) in [7, 11) is 1.67. The number of nitrogens with one attached hydrogen (secondary N) is 1. The predicted molar refractivity (Wildman–Crippen MR) is 88.5 cm³/mol. The van der Waals surface area contributed by atoms with Crippen molar-refractivity contribution < 1.29 is 9.84 Å². The van der Waals surface area contributed by atoms with Gasteiger partial charge in [-0.05, 0) is 51.0 Å². The molecule has 1 saturated heterocycles. The molecule has 1 aliphatic rings. The number of aliphatic hydroxyl groups is 1. The Bertz CT molecular complexity index is 529. The molecular weight excluding hydrogens is 284 g/mol. The highest BCUT2D eigenvalue weighted by Crippen LogP contribution is 2.30. The van der Waals surface area contributed by atoms with Gasteiger partial charge in [0.2, 0.25) is 0 Å². The number of benzene rings is 1. The molecule has 0 bridgehead atoms. The van der Waals surface area contributed by atoms with E-state index in [0.29, 0.717) is 18.1 Å². The van der Waals surface area contributed by atoms with Crippen LogP contribution in [0.25, 0.3) is 0 Å². The summed E-state index contributed by atoms with van der Waals surface area (Å²) in [6.07, 6.45) is 1.38. The fraction of sp³-hybridized carbons (Fsp3) is 0.562. The maximum Gasteiger partial charge on any atom is 0.171 e. The molecule has 1 fully saturated rings. The van der Waals surface area contributed by atoms with Crippen molar-refractivity contribution in [3.8, 4) is 5.75 Å². The Morgan fingerprint density at radius 2 is 2.00 bits per heavy atom. The summed E-state index contributed by atoms with van der Waals surface area (Å²) in [6.45, 7) is 6.57. The summed E-state index contributed by atoms with van der Waals surface area (Å²) in [5.41, 5.74) is -0.0153. The molecule has 2 N–H and O–H groups in total. The Hall–Kier alpha value is -1.33. The topological polar surface area (TPSA) is 44.7 Å². The van der Waals surface area contributed by atoms with Crippen LogP contribution in [0.15, 0.2) is 24.3 Å². The third-order valence-corrected chi connectivity index (χ3v) is 4.17. The smallest absolute Gasteiger partial charge is 0.171 e. The highest BCUT2D eigenvalue weighted by molar-refractivity contribution is 7.80. The minimum Gasteiger partial charge on any atom is -0.496 e. The maximum atomic E-state index is 10.7. The lowest BCUT2D eigenvalue weighted by atomic mass is 9.90. The minimum atomic E-state index is -0.937. The van der Waals surface area contributed by atoms with E-state index in [1.54, 1.807) is 7.11 Å². The molecule has 1 heterocycles. The van der Waals surface area contributed by atoms with Gasteiger partial charge in [-0.3, -0.25) is 0 Å². The molecule has 116 valence electrons. The molecule has 5 heteroatoms. The second-order valence-corrected chi connectivity index (χ2v) is 6.81. The molecule has 1 atom stereocenters. The lowest BCUT2D eigenvalue weighted by Gasteiger charge is -2.49. The first-order valence-corrected chi connectivity index (χ1v) is 7.60. The second kappa shape index (κ2) is 5.81. The maximum absolute atomic E-state index is 10.7. The van der Waals surface area contributed by atoms with Gasteiger partial charge in [0, 0.05) is 18.5 Å². The first-order chi connectivity index (χ1) is 9.75. The Kier molecular flexibility index (Phi) is 4.44. The van der Waals surface area contributed by atoms with Gasteiger partial charge in [-0.2, -0.15) is 0 Å². The Morgan fingerprint density at radius 1 is 1.33 bits per heavy atom. The van der Waals surface area contributed by atoms with Gasteiger partial charge in [0.15, 0.2) is 5.11 Å². The van der Waals surface area contributed by atoms with Crippen LogP contribution in [-0.4, -0.2) is 40.0 Å². The number of nitrogens with zero attached hydrogens (tertiary/aromatic N) is 1. The quantitative estimate of drug-likeness (QED) is 0.836. The van der Waals surface area contributed by atoms with Crippen molar-refractivity contribution in [3.05, 3.63) is 29.8 Å². The first kappa shape index (κ1) is 16.0. The van der Waals surface area contributed by atoms with Gasteiger partial charge in [0.05, 0.1) is 7.11 Å². The van der Waals surface area contributed by atoms with Crippen molar-refractivity contribution in [2.24, 2.45) is 0 Å². The van der Waals surface area contributed by atoms with E-state index in [1.165, 1.54) is 0 Å². The van der Waals surface area contributed by atoms with E-state index >= 15 is 0 Å². The van der Waals surface area contributed by atoms with Crippen LogP contribution >= 0.6 is 12.2 Å². The minimum absolute atomic E-state index is 0.193. The third kappa shape index (κ3) is 3.66. The van der Waals surface area contributed by atoms with E-state index < -0.39 is 5.72 Å². The fourth-order valence-electron chi connectivity index (χ4n) is 3.04. The average Bonchev–Trinajstić information content (AvgIpc) is 2.35. The molecule has 21 heavy (non-hydrogen) atoms. The van der Waals surface area contributed by atoms with Crippen LogP contribution < -0.4 is 10.1 Å². The zero-order valence-electron chi connectivity index (χ0n) is 13.1. The molecule has 0 aromatic heterocycles. The normalized spacial score (nSPS) is 24.6. The van der Waals surface area contributed by atoms with Gasteiger partial charge in [-0.1, -0.05) is 18.2 Å². The van der Waals surface area contributed by atoms with Gasteiger partial charge in [-0.15, -0.1) is 0 Å². The summed E-state index contributed by atoms with van der Waals surface area (Å²) in [4.78, 5) is 1.86.